The molecule has 0 aliphatic carbocycles. The summed E-state index contributed by atoms with van der Waals surface area (Å²) in [7, 11) is 0. The Morgan fingerprint density at radius 3 is 2.16 bits per heavy atom. The molecule has 2 aromatic rings. The fourth-order valence-electron chi connectivity index (χ4n) is 2.94. The fourth-order valence-corrected chi connectivity index (χ4v) is 2.94. The van der Waals surface area contributed by atoms with Gasteiger partial charge in [-0.1, -0.05) is 32.1 Å². The lowest BCUT2D eigenvalue weighted by molar-refractivity contribution is -0.137. The largest absolute Gasteiger partial charge is 0.481 e. The molecule has 0 fully saturated rings. The van der Waals surface area contributed by atoms with Gasteiger partial charge >= 0.3 is 5.97 Å². The lowest BCUT2D eigenvalue weighted by atomic mass is 10.0. The zero-order valence-corrected chi connectivity index (χ0v) is 15.1. The van der Waals surface area contributed by atoms with E-state index in [1.165, 1.54) is 36.8 Å². The molecule has 0 aromatic carbocycles. The van der Waals surface area contributed by atoms with Gasteiger partial charge in [0.1, 0.15) is 0 Å². The number of carboxylic acid groups (broad SMARTS) is 1. The van der Waals surface area contributed by atoms with Gasteiger partial charge < -0.3 is 5.11 Å². The standard InChI is InChI=1S/C21H28N2O2/c1-17-11-13-22-19(15-17)20-16-18(12-14-23-20)9-7-5-3-2-4-6-8-10-21(24)25/h11-16H,2-10H2,1H3,(H,24,25). The van der Waals surface area contributed by atoms with Gasteiger partial charge in [-0.3, -0.25) is 14.8 Å². The Kier molecular flexibility index (Phi) is 8.10. The summed E-state index contributed by atoms with van der Waals surface area (Å²) in [6.07, 6.45) is 12.9. The van der Waals surface area contributed by atoms with Crippen molar-refractivity contribution in [2.75, 3.05) is 0 Å². The molecule has 2 rings (SSSR count). The van der Waals surface area contributed by atoms with E-state index in [2.05, 4.69) is 35.1 Å². The van der Waals surface area contributed by atoms with Gasteiger partial charge in [0.05, 0.1) is 11.4 Å². The van der Waals surface area contributed by atoms with Crippen LogP contribution in [0.25, 0.3) is 11.4 Å². The molecule has 0 unspecified atom stereocenters. The Labute approximate surface area is 150 Å². The monoisotopic (exact) mass is 340 g/mol. The molecule has 25 heavy (non-hydrogen) atoms. The molecule has 0 saturated heterocycles. The molecule has 2 aromatic heterocycles. The maximum atomic E-state index is 10.4. The average Bonchev–Trinajstić information content (AvgIpc) is 2.60. The van der Waals surface area contributed by atoms with Crippen molar-refractivity contribution in [1.82, 2.24) is 9.97 Å². The summed E-state index contributed by atoms with van der Waals surface area (Å²) in [5.41, 5.74) is 4.39. The van der Waals surface area contributed by atoms with Crippen LogP contribution < -0.4 is 0 Å². The highest BCUT2D eigenvalue weighted by atomic mass is 16.4. The van der Waals surface area contributed by atoms with Crippen molar-refractivity contribution in [1.29, 1.82) is 0 Å². The maximum absolute atomic E-state index is 10.4. The van der Waals surface area contributed by atoms with Crippen molar-refractivity contribution in [2.24, 2.45) is 0 Å². The third-order valence-electron chi connectivity index (χ3n) is 4.36. The summed E-state index contributed by atoms with van der Waals surface area (Å²) in [6.45, 7) is 2.07. The first-order valence-corrected chi connectivity index (χ1v) is 9.25. The molecule has 0 aliphatic heterocycles. The van der Waals surface area contributed by atoms with E-state index in [4.69, 9.17) is 5.11 Å². The summed E-state index contributed by atoms with van der Waals surface area (Å²) in [5.74, 6) is -0.683. The molecule has 4 nitrogen and oxygen atoms in total. The molecule has 4 heteroatoms. The third-order valence-corrected chi connectivity index (χ3v) is 4.36. The molecule has 0 aliphatic rings. The first-order valence-electron chi connectivity index (χ1n) is 9.25. The first-order chi connectivity index (χ1) is 12.1. The van der Waals surface area contributed by atoms with Gasteiger partial charge in [-0.2, -0.15) is 0 Å². The van der Waals surface area contributed by atoms with E-state index in [1.807, 2.05) is 18.5 Å². The highest BCUT2D eigenvalue weighted by Crippen LogP contribution is 2.18. The summed E-state index contributed by atoms with van der Waals surface area (Å²) < 4.78 is 0. The highest BCUT2D eigenvalue weighted by molar-refractivity contribution is 5.66. The lowest BCUT2D eigenvalue weighted by Gasteiger charge is -2.05. The predicted molar refractivity (Wildman–Crippen MR) is 100 cm³/mol. The molecule has 2 heterocycles. The highest BCUT2D eigenvalue weighted by Gasteiger charge is 2.03. The van der Waals surface area contributed by atoms with Crippen LogP contribution in [0.15, 0.2) is 36.7 Å². The summed E-state index contributed by atoms with van der Waals surface area (Å²) >= 11 is 0. The molecule has 0 amide bonds. The number of carbonyl (C=O) groups is 1. The van der Waals surface area contributed by atoms with E-state index in [0.717, 1.165) is 37.1 Å². The average molecular weight is 340 g/mol. The maximum Gasteiger partial charge on any atom is 0.303 e. The van der Waals surface area contributed by atoms with Gasteiger partial charge in [-0.05, 0) is 61.6 Å². The number of pyridine rings is 2. The van der Waals surface area contributed by atoms with E-state index in [9.17, 15) is 4.79 Å². The minimum Gasteiger partial charge on any atom is -0.481 e. The zero-order valence-electron chi connectivity index (χ0n) is 15.1. The lowest BCUT2D eigenvalue weighted by Crippen LogP contribution is -1.93. The predicted octanol–water partition coefficient (Wildman–Crippen LogP) is 5.20. The van der Waals surface area contributed by atoms with Crippen molar-refractivity contribution in [3.05, 3.63) is 47.8 Å². The van der Waals surface area contributed by atoms with Crippen LogP contribution in [0.4, 0.5) is 0 Å². The number of nitrogens with zero attached hydrogens (tertiary/aromatic N) is 2. The van der Waals surface area contributed by atoms with Crippen molar-refractivity contribution in [3.63, 3.8) is 0 Å². The fraction of sp³-hybridized carbons (Fsp3) is 0.476. The van der Waals surface area contributed by atoms with Crippen LogP contribution in [0.3, 0.4) is 0 Å². The molecule has 0 spiro atoms. The van der Waals surface area contributed by atoms with E-state index < -0.39 is 5.97 Å². The van der Waals surface area contributed by atoms with Crippen LogP contribution in [0, 0.1) is 6.92 Å². The van der Waals surface area contributed by atoms with Crippen molar-refractivity contribution in [3.8, 4) is 11.4 Å². The van der Waals surface area contributed by atoms with Crippen LogP contribution in [-0.4, -0.2) is 21.0 Å². The summed E-state index contributed by atoms with van der Waals surface area (Å²) in [4.78, 5) is 19.3. The Morgan fingerprint density at radius 2 is 1.48 bits per heavy atom. The van der Waals surface area contributed by atoms with Crippen LogP contribution in [-0.2, 0) is 11.2 Å². The Balaban J connectivity index is 1.66. The van der Waals surface area contributed by atoms with E-state index in [-0.39, 0.29) is 0 Å². The SMILES string of the molecule is Cc1ccnc(-c2cc(CCCCCCCCCC(=O)O)ccn2)c1. The first kappa shape index (κ1) is 19.1. The quantitative estimate of drug-likeness (QED) is 0.571. The van der Waals surface area contributed by atoms with Crippen LogP contribution in [0.5, 0.6) is 0 Å². The minimum atomic E-state index is -0.683. The van der Waals surface area contributed by atoms with E-state index >= 15 is 0 Å². The Morgan fingerprint density at radius 1 is 0.880 bits per heavy atom. The van der Waals surface area contributed by atoms with Crippen molar-refractivity contribution >= 4 is 5.97 Å². The van der Waals surface area contributed by atoms with Gasteiger partial charge in [0, 0.05) is 18.8 Å². The van der Waals surface area contributed by atoms with Crippen molar-refractivity contribution < 1.29 is 9.90 Å². The number of aliphatic carboxylic acids is 1. The molecule has 1 N–H and O–H groups in total. The number of aryl methyl sites for hydroxylation is 2. The number of hydrogen-bond acceptors (Lipinski definition) is 3. The summed E-state index contributed by atoms with van der Waals surface area (Å²) in [5, 5.41) is 8.59. The Hall–Kier alpha value is -2.23. The smallest absolute Gasteiger partial charge is 0.303 e. The van der Waals surface area contributed by atoms with E-state index in [1.54, 1.807) is 0 Å². The number of rotatable bonds is 11. The number of carboxylic acids is 1. The second kappa shape index (κ2) is 10.6. The normalized spacial score (nSPS) is 10.8. The van der Waals surface area contributed by atoms with Crippen LogP contribution >= 0.6 is 0 Å². The third kappa shape index (κ3) is 7.46. The van der Waals surface area contributed by atoms with Crippen molar-refractivity contribution in [2.45, 2.75) is 64.7 Å². The van der Waals surface area contributed by atoms with Gasteiger partial charge in [-0.25, -0.2) is 0 Å². The second-order valence-electron chi connectivity index (χ2n) is 6.64. The topological polar surface area (TPSA) is 63.1 Å². The van der Waals surface area contributed by atoms with Gasteiger partial charge in [0.15, 0.2) is 0 Å². The summed E-state index contributed by atoms with van der Waals surface area (Å²) in [6, 6.07) is 8.30. The number of aromatic nitrogens is 2. The van der Waals surface area contributed by atoms with E-state index in [0.29, 0.717) is 6.42 Å². The van der Waals surface area contributed by atoms with Crippen LogP contribution in [0.2, 0.25) is 0 Å². The minimum absolute atomic E-state index is 0.306. The molecular weight excluding hydrogens is 312 g/mol. The molecule has 134 valence electrons. The van der Waals surface area contributed by atoms with Crippen LogP contribution in [0.1, 0.15) is 62.5 Å². The second-order valence-corrected chi connectivity index (χ2v) is 6.64. The van der Waals surface area contributed by atoms with Gasteiger partial charge in [0.25, 0.3) is 0 Å². The molecule has 0 radical (unpaired) electrons. The molecular formula is C21H28N2O2. The molecule has 0 bridgehead atoms. The number of unbranched alkanes of at least 4 members (excludes halogenated alkanes) is 6. The van der Waals surface area contributed by atoms with Gasteiger partial charge in [0.2, 0.25) is 0 Å². The molecule has 0 saturated carbocycles. The Bertz CT molecular complexity index is 670. The molecule has 0 atom stereocenters. The number of hydrogen-bond donors (Lipinski definition) is 1. The zero-order chi connectivity index (χ0) is 17.9. The van der Waals surface area contributed by atoms with Gasteiger partial charge in [-0.15, -0.1) is 0 Å².